The van der Waals surface area contributed by atoms with Gasteiger partial charge in [0.1, 0.15) is 0 Å². The highest BCUT2D eigenvalue weighted by atomic mass is 15.4. The molecule has 0 bridgehead atoms. The lowest BCUT2D eigenvalue weighted by molar-refractivity contribution is 0.166. The summed E-state index contributed by atoms with van der Waals surface area (Å²) in [7, 11) is 0. The molecule has 0 aromatic carbocycles. The van der Waals surface area contributed by atoms with Crippen LogP contribution in [0.4, 0.5) is 0 Å². The minimum Gasteiger partial charge on any atom is -0.291 e. The van der Waals surface area contributed by atoms with Gasteiger partial charge in [0.2, 0.25) is 0 Å². The number of fused-ring (bicyclic) bond motifs is 1. The fourth-order valence-electron chi connectivity index (χ4n) is 3.45. The maximum atomic E-state index is 2.72. The minimum absolute atomic E-state index is 0.861. The van der Waals surface area contributed by atoms with Crippen LogP contribution in [-0.2, 0) is 0 Å². The summed E-state index contributed by atoms with van der Waals surface area (Å²) in [6, 6.07) is 2.76. The molecule has 2 fully saturated rings. The van der Waals surface area contributed by atoms with Crippen molar-refractivity contribution in [3.63, 3.8) is 0 Å². The normalized spacial score (nSPS) is 49.8. The Morgan fingerprint density at radius 2 is 1.85 bits per heavy atom. The standard InChI is InChI=1S/C12H23N/c1-6-10(7(2)3)12-11-8(4)9(5)13(11)12/h7-12H,6H2,1-5H3. The summed E-state index contributed by atoms with van der Waals surface area (Å²) in [5, 5.41) is 0. The lowest BCUT2D eigenvalue weighted by Gasteiger charge is -2.31. The van der Waals surface area contributed by atoms with E-state index in [1.165, 1.54) is 6.42 Å². The summed E-state index contributed by atoms with van der Waals surface area (Å²) >= 11 is 0. The van der Waals surface area contributed by atoms with Gasteiger partial charge in [0.05, 0.1) is 0 Å². The van der Waals surface area contributed by atoms with Crippen molar-refractivity contribution in [1.82, 2.24) is 4.90 Å². The van der Waals surface area contributed by atoms with Crippen molar-refractivity contribution in [3.05, 3.63) is 0 Å². The van der Waals surface area contributed by atoms with Gasteiger partial charge in [-0.3, -0.25) is 4.90 Å². The van der Waals surface area contributed by atoms with E-state index in [0.717, 1.165) is 35.9 Å². The van der Waals surface area contributed by atoms with Crippen molar-refractivity contribution in [1.29, 1.82) is 0 Å². The maximum Gasteiger partial charge on any atom is 0.0301 e. The maximum absolute atomic E-state index is 2.72. The molecule has 0 aliphatic carbocycles. The highest BCUT2D eigenvalue weighted by molar-refractivity contribution is 5.20. The summed E-state index contributed by atoms with van der Waals surface area (Å²) in [4.78, 5) is 2.72. The van der Waals surface area contributed by atoms with E-state index >= 15 is 0 Å². The zero-order valence-corrected chi connectivity index (χ0v) is 9.62. The average molecular weight is 181 g/mol. The second-order valence-electron chi connectivity index (χ2n) is 5.34. The van der Waals surface area contributed by atoms with E-state index < -0.39 is 0 Å². The van der Waals surface area contributed by atoms with Crippen LogP contribution in [0.25, 0.3) is 0 Å². The first-order valence-corrected chi connectivity index (χ1v) is 5.87. The van der Waals surface area contributed by atoms with Crippen LogP contribution in [0.2, 0.25) is 0 Å². The van der Waals surface area contributed by atoms with Gasteiger partial charge < -0.3 is 0 Å². The van der Waals surface area contributed by atoms with Gasteiger partial charge in [-0.2, -0.15) is 0 Å². The first kappa shape index (κ1) is 9.51. The molecular formula is C12H23N. The Bertz CT molecular complexity index is 185. The van der Waals surface area contributed by atoms with Gasteiger partial charge in [0.15, 0.2) is 0 Å². The molecule has 6 unspecified atom stereocenters. The van der Waals surface area contributed by atoms with Crippen LogP contribution in [0.15, 0.2) is 0 Å². The van der Waals surface area contributed by atoms with E-state index in [1.807, 2.05) is 0 Å². The largest absolute Gasteiger partial charge is 0.291 e. The van der Waals surface area contributed by atoms with Crippen molar-refractivity contribution in [2.24, 2.45) is 17.8 Å². The summed E-state index contributed by atoms with van der Waals surface area (Å²) in [5.74, 6) is 2.76. The third-order valence-corrected chi connectivity index (χ3v) is 4.48. The van der Waals surface area contributed by atoms with Gasteiger partial charge in [0, 0.05) is 18.1 Å². The predicted molar refractivity (Wildman–Crippen MR) is 56.7 cm³/mol. The molecule has 0 radical (unpaired) electrons. The second-order valence-corrected chi connectivity index (χ2v) is 5.34. The molecule has 1 heteroatoms. The highest BCUT2D eigenvalue weighted by Crippen LogP contribution is 2.54. The Balaban J connectivity index is 1.98. The number of hydrogen-bond donors (Lipinski definition) is 0. The van der Waals surface area contributed by atoms with Crippen molar-refractivity contribution in [2.45, 2.75) is 59.2 Å². The van der Waals surface area contributed by atoms with Crippen molar-refractivity contribution < 1.29 is 0 Å². The molecule has 1 nitrogen and oxygen atoms in total. The van der Waals surface area contributed by atoms with Gasteiger partial charge in [-0.25, -0.2) is 0 Å². The van der Waals surface area contributed by atoms with E-state index in [4.69, 9.17) is 0 Å². The first-order valence-electron chi connectivity index (χ1n) is 5.87. The van der Waals surface area contributed by atoms with E-state index in [9.17, 15) is 0 Å². The van der Waals surface area contributed by atoms with Crippen LogP contribution in [0.3, 0.4) is 0 Å². The molecule has 0 N–H and O–H groups in total. The number of rotatable bonds is 3. The molecule has 6 atom stereocenters. The molecule has 0 amide bonds. The third-order valence-electron chi connectivity index (χ3n) is 4.48. The zero-order chi connectivity index (χ0) is 9.75. The fraction of sp³-hybridized carbons (Fsp3) is 1.00. The Hall–Kier alpha value is -0.0400. The molecule has 0 saturated carbocycles. The van der Waals surface area contributed by atoms with Crippen LogP contribution in [0.5, 0.6) is 0 Å². The molecule has 2 saturated heterocycles. The molecule has 0 aromatic rings. The summed E-state index contributed by atoms with van der Waals surface area (Å²) in [6.45, 7) is 11.9. The van der Waals surface area contributed by atoms with Crippen LogP contribution in [0, 0.1) is 17.8 Å². The second kappa shape index (κ2) is 2.98. The molecule has 2 heterocycles. The Kier molecular flexibility index (Phi) is 2.18. The van der Waals surface area contributed by atoms with Crippen LogP contribution in [-0.4, -0.2) is 23.0 Å². The number of nitrogens with zero attached hydrogens (tertiary/aromatic N) is 1. The Labute approximate surface area is 82.5 Å². The van der Waals surface area contributed by atoms with Gasteiger partial charge in [-0.05, 0) is 24.7 Å². The van der Waals surface area contributed by atoms with E-state index in [-0.39, 0.29) is 0 Å². The Morgan fingerprint density at radius 3 is 2.15 bits per heavy atom. The topological polar surface area (TPSA) is 3.01 Å². The molecule has 76 valence electrons. The van der Waals surface area contributed by atoms with Gasteiger partial charge >= 0.3 is 0 Å². The first-order chi connectivity index (χ1) is 6.09. The van der Waals surface area contributed by atoms with E-state index in [2.05, 4.69) is 39.5 Å². The van der Waals surface area contributed by atoms with E-state index in [0.29, 0.717) is 0 Å². The quantitative estimate of drug-likeness (QED) is 0.605. The monoisotopic (exact) mass is 181 g/mol. The summed E-state index contributed by atoms with van der Waals surface area (Å²) in [5.41, 5.74) is 0. The lowest BCUT2D eigenvalue weighted by Crippen LogP contribution is -2.39. The van der Waals surface area contributed by atoms with Gasteiger partial charge in [0.25, 0.3) is 0 Å². The third kappa shape index (κ3) is 1.16. The molecular weight excluding hydrogens is 158 g/mol. The molecule has 2 aliphatic heterocycles. The fourth-order valence-corrected chi connectivity index (χ4v) is 3.45. The molecule has 0 aromatic heterocycles. The molecule has 0 spiro atoms. The lowest BCUT2D eigenvalue weighted by atomic mass is 9.85. The van der Waals surface area contributed by atoms with Crippen molar-refractivity contribution in [2.75, 3.05) is 0 Å². The van der Waals surface area contributed by atoms with Gasteiger partial charge in [-0.15, -0.1) is 0 Å². The SMILES string of the molecule is CCC(C(C)C)C1C2C(C)C(C)N21. The predicted octanol–water partition coefficient (Wildman–Crippen LogP) is 2.76. The Morgan fingerprint density at radius 1 is 1.23 bits per heavy atom. The van der Waals surface area contributed by atoms with Crippen LogP contribution in [0.1, 0.15) is 41.0 Å². The number of hydrogen-bond acceptors (Lipinski definition) is 1. The molecule has 2 rings (SSSR count). The van der Waals surface area contributed by atoms with Crippen LogP contribution >= 0.6 is 0 Å². The van der Waals surface area contributed by atoms with Crippen LogP contribution < -0.4 is 0 Å². The summed E-state index contributed by atoms with van der Waals surface area (Å²) in [6.07, 6.45) is 1.36. The minimum atomic E-state index is 0.861. The summed E-state index contributed by atoms with van der Waals surface area (Å²) < 4.78 is 0. The van der Waals surface area contributed by atoms with Crippen molar-refractivity contribution >= 4 is 0 Å². The van der Waals surface area contributed by atoms with Crippen molar-refractivity contribution in [3.8, 4) is 0 Å². The van der Waals surface area contributed by atoms with Gasteiger partial charge in [-0.1, -0.05) is 34.1 Å². The zero-order valence-electron chi connectivity index (χ0n) is 9.62. The highest BCUT2D eigenvalue weighted by Gasteiger charge is 2.65. The molecule has 13 heavy (non-hydrogen) atoms. The smallest absolute Gasteiger partial charge is 0.0301 e. The molecule has 2 aliphatic rings. The average Bonchev–Trinajstić information content (AvgIpc) is 2.75. The van der Waals surface area contributed by atoms with E-state index in [1.54, 1.807) is 0 Å².